The van der Waals surface area contributed by atoms with Crippen molar-refractivity contribution < 1.29 is 27.9 Å². The molecule has 2 heterocycles. The molecule has 1 fully saturated rings. The Balaban J connectivity index is 1.51. The molecule has 0 bridgehead atoms. The molecule has 1 aliphatic rings. The number of rotatable bonds is 7. The van der Waals surface area contributed by atoms with Crippen LogP contribution in [0.1, 0.15) is 50.8 Å². The molecule has 0 atom stereocenters. The molecule has 0 aliphatic heterocycles. The van der Waals surface area contributed by atoms with Gasteiger partial charge in [-0.3, -0.25) is 15.0 Å². The monoisotopic (exact) mass is 534 g/mol. The van der Waals surface area contributed by atoms with Crippen LogP contribution in [0.25, 0.3) is 10.6 Å². The molecule has 1 saturated carbocycles. The Morgan fingerprint density at radius 2 is 1.78 bits per heavy atom. The maximum Gasteiger partial charge on any atom is 0.471 e. The van der Waals surface area contributed by atoms with Crippen LogP contribution in [0.4, 0.5) is 34.7 Å². The van der Waals surface area contributed by atoms with E-state index >= 15 is 0 Å². The van der Waals surface area contributed by atoms with Gasteiger partial charge < -0.3 is 10.4 Å². The lowest BCUT2D eigenvalue weighted by Crippen LogP contribution is -2.44. The number of halogens is 3. The van der Waals surface area contributed by atoms with Crippen LogP contribution in [0.3, 0.4) is 0 Å². The van der Waals surface area contributed by atoms with E-state index in [1.54, 1.807) is 30.3 Å². The molecule has 4 rings (SSSR count). The molecule has 3 N–H and O–H groups in total. The van der Waals surface area contributed by atoms with Crippen molar-refractivity contribution in [3.8, 4) is 10.6 Å². The average molecular weight is 535 g/mol. The van der Waals surface area contributed by atoms with E-state index in [9.17, 15) is 27.9 Å². The fourth-order valence-electron chi connectivity index (χ4n) is 3.51. The number of carbonyl (C=O) groups is 2. The molecule has 1 aliphatic carbocycles. The Labute approximate surface area is 214 Å². The summed E-state index contributed by atoms with van der Waals surface area (Å²) in [6, 6.07) is 8.80. The lowest BCUT2D eigenvalue weighted by molar-refractivity contribution is -0.167. The van der Waals surface area contributed by atoms with Crippen LogP contribution < -0.4 is 10.6 Å². The van der Waals surface area contributed by atoms with Gasteiger partial charge in [0.15, 0.2) is 5.13 Å². The molecule has 2 aromatic heterocycles. The first kappa shape index (κ1) is 26.3. The number of nitrogens with zero attached hydrogens (tertiary/aromatic N) is 4. The van der Waals surface area contributed by atoms with Gasteiger partial charge in [0.2, 0.25) is 5.95 Å². The lowest BCUT2D eigenvalue weighted by Gasteiger charge is -2.33. The molecule has 1 aromatic carbocycles. The standard InChI is InChI=1S/C24H25F3N6O3S/c1-23(2,3)33(22(35)36)12-13-4-8-15(9-5-13)29-20-28-11-10-16(30-20)18-17(14-6-7-14)31-21(37-18)32-19(34)24(25,26)27/h4-5,8-11,14H,6-7,12H2,1-3H3,(H,35,36)(H,28,29,30)(H,31,32,34). The van der Waals surface area contributed by atoms with Gasteiger partial charge in [-0.05, 0) is 57.4 Å². The number of anilines is 3. The van der Waals surface area contributed by atoms with E-state index in [1.807, 2.05) is 26.1 Å². The van der Waals surface area contributed by atoms with Crippen molar-refractivity contribution >= 4 is 40.1 Å². The number of carboxylic acid groups (broad SMARTS) is 1. The van der Waals surface area contributed by atoms with Crippen LogP contribution in [0.5, 0.6) is 0 Å². The van der Waals surface area contributed by atoms with Gasteiger partial charge in [0.05, 0.1) is 16.3 Å². The maximum absolute atomic E-state index is 12.7. The summed E-state index contributed by atoms with van der Waals surface area (Å²) in [7, 11) is 0. The largest absolute Gasteiger partial charge is 0.471 e. The Kier molecular flexibility index (Phi) is 7.09. The highest BCUT2D eigenvalue weighted by atomic mass is 32.1. The molecule has 37 heavy (non-hydrogen) atoms. The third-order valence-corrected chi connectivity index (χ3v) is 6.58. The van der Waals surface area contributed by atoms with Crippen LogP contribution in [-0.4, -0.2) is 48.7 Å². The van der Waals surface area contributed by atoms with Crippen LogP contribution in [0, 0.1) is 0 Å². The number of nitrogens with one attached hydrogen (secondary N) is 2. The third-order valence-electron chi connectivity index (χ3n) is 5.57. The predicted octanol–water partition coefficient (Wildman–Crippen LogP) is 6.00. The normalized spacial score (nSPS) is 13.8. The number of benzene rings is 1. The summed E-state index contributed by atoms with van der Waals surface area (Å²) in [6.45, 7) is 5.71. The van der Waals surface area contributed by atoms with Gasteiger partial charge in [0.25, 0.3) is 0 Å². The molecule has 196 valence electrons. The molecule has 0 saturated heterocycles. The van der Waals surface area contributed by atoms with Crippen molar-refractivity contribution in [2.45, 2.75) is 57.8 Å². The SMILES string of the molecule is CC(C)(C)N(Cc1ccc(Nc2nccc(-c3sc(NC(=O)C(F)(F)F)nc3C3CC3)n2)cc1)C(=O)O. The van der Waals surface area contributed by atoms with Crippen molar-refractivity contribution in [2.75, 3.05) is 10.6 Å². The third kappa shape index (κ3) is 6.53. The summed E-state index contributed by atoms with van der Waals surface area (Å²) in [5, 5.41) is 14.3. The quantitative estimate of drug-likeness (QED) is 0.340. The molecule has 3 aromatic rings. The fraction of sp³-hybridized carbons (Fsp3) is 0.375. The Bertz CT molecular complexity index is 1300. The van der Waals surface area contributed by atoms with Gasteiger partial charge in [-0.2, -0.15) is 13.2 Å². The number of hydrogen-bond donors (Lipinski definition) is 3. The molecule has 0 spiro atoms. The van der Waals surface area contributed by atoms with Crippen molar-refractivity contribution in [1.29, 1.82) is 0 Å². The second-order valence-corrected chi connectivity index (χ2v) is 10.6. The topological polar surface area (TPSA) is 120 Å². The average Bonchev–Trinajstić information content (AvgIpc) is 3.57. The van der Waals surface area contributed by atoms with E-state index in [0.717, 1.165) is 29.7 Å². The molecular formula is C24H25F3N6O3S. The number of amides is 2. The van der Waals surface area contributed by atoms with Gasteiger partial charge in [-0.25, -0.2) is 19.7 Å². The van der Waals surface area contributed by atoms with Gasteiger partial charge in [-0.1, -0.05) is 23.5 Å². The predicted molar refractivity (Wildman–Crippen MR) is 133 cm³/mol. The van der Waals surface area contributed by atoms with Gasteiger partial charge >= 0.3 is 18.2 Å². The Morgan fingerprint density at radius 1 is 1.11 bits per heavy atom. The summed E-state index contributed by atoms with van der Waals surface area (Å²) in [6.07, 6.45) is -2.76. The van der Waals surface area contributed by atoms with Crippen LogP contribution in [0.15, 0.2) is 36.5 Å². The Morgan fingerprint density at radius 3 is 2.35 bits per heavy atom. The summed E-state index contributed by atoms with van der Waals surface area (Å²) < 4.78 is 38.0. The molecule has 0 unspecified atom stereocenters. The summed E-state index contributed by atoms with van der Waals surface area (Å²) in [5.41, 5.74) is 2.01. The first-order chi connectivity index (χ1) is 17.3. The van der Waals surface area contributed by atoms with E-state index < -0.39 is 23.7 Å². The zero-order valence-corrected chi connectivity index (χ0v) is 21.1. The smallest absolute Gasteiger partial charge is 0.465 e. The number of alkyl halides is 3. The summed E-state index contributed by atoms with van der Waals surface area (Å²) in [4.78, 5) is 37.9. The van der Waals surface area contributed by atoms with Crippen molar-refractivity contribution in [3.05, 3.63) is 47.8 Å². The van der Waals surface area contributed by atoms with Gasteiger partial charge in [0, 0.05) is 29.9 Å². The number of thiazole rings is 1. The molecular weight excluding hydrogens is 509 g/mol. The van der Waals surface area contributed by atoms with Crippen molar-refractivity contribution in [2.24, 2.45) is 0 Å². The number of carbonyl (C=O) groups excluding carboxylic acids is 1. The van der Waals surface area contributed by atoms with Crippen molar-refractivity contribution in [3.63, 3.8) is 0 Å². The first-order valence-corrected chi connectivity index (χ1v) is 12.2. The van der Waals surface area contributed by atoms with Crippen LogP contribution in [-0.2, 0) is 11.3 Å². The second kappa shape index (κ2) is 9.96. The van der Waals surface area contributed by atoms with E-state index in [-0.39, 0.29) is 23.5 Å². The van der Waals surface area contributed by atoms with E-state index in [1.165, 1.54) is 11.1 Å². The zero-order chi connectivity index (χ0) is 27.0. The van der Waals surface area contributed by atoms with Crippen LogP contribution in [0.2, 0.25) is 0 Å². The van der Waals surface area contributed by atoms with Crippen molar-refractivity contribution in [1.82, 2.24) is 19.9 Å². The van der Waals surface area contributed by atoms with Gasteiger partial charge in [0.1, 0.15) is 0 Å². The zero-order valence-electron chi connectivity index (χ0n) is 20.3. The minimum atomic E-state index is -5.01. The molecule has 9 nitrogen and oxygen atoms in total. The fourth-order valence-corrected chi connectivity index (χ4v) is 4.53. The summed E-state index contributed by atoms with van der Waals surface area (Å²) in [5.74, 6) is -1.69. The highest BCUT2D eigenvalue weighted by Gasteiger charge is 2.40. The molecule has 0 radical (unpaired) electrons. The summed E-state index contributed by atoms with van der Waals surface area (Å²) >= 11 is 0.938. The minimum Gasteiger partial charge on any atom is -0.465 e. The molecule has 2 amide bonds. The minimum absolute atomic E-state index is 0.111. The maximum atomic E-state index is 12.7. The van der Waals surface area contributed by atoms with Gasteiger partial charge in [-0.15, -0.1) is 0 Å². The second-order valence-electron chi connectivity index (χ2n) is 9.59. The number of aromatic nitrogens is 3. The van der Waals surface area contributed by atoms with E-state index in [2.05, 4.69) is 20.3 Å². The first-order valence-electron chi connectivity index (χ1n) is 11.4. The van der Waals surface area contributed by atoms with E-state index in [0.29, 0.717) is 22.0 Å². The van der Waals surface area contributed by atoms with E-state index in [4.69, 9.17) is 0 Å². The Hall–Kier alpha value is -3.74. The lowest BCUT2D eigenvalue weighted by atomic mass is 10.1. The highest BCUT2D eigenvalue weighted by Crippen LogP contribution is 2.47. The highest BCUT2D eigenvalue weighted by molar-refractivity contribution is 7.19. The molecule has 13 heteroatoms. The van der Waals surface area contributed by atoms with Crippen LogP contribution >= 0.6 is 11.3 Å². The number of hydrogen-bond acceptors (Lipinski definition) is 7.